The molecule has 0 saturated heterocycles. The van der Waals surface area contributed by atoms with E-state index in [-0.39, 0.29) is 6.79 Å². The standard InChI is InChI=1S/C25H28N6O4/c1-17(20-7-9-27-10-8-20)30-24(26)23-18(2)31(15-29-23)11-3-4-12-33-25(32)28-14-19-5-6-21-22(13-19)35-16-34-21/h5-10,13,15H,1,3-4,11-12,14,16H2,2H3,(H2,26,30)(H,28,32). The van der Waals surface area contributed by atoms with Crippen molar-refractivity contribution in [1.29, 1.82) is 0 Å². The molecule has 182 valence electrons. The van der Waals surface area contributed by atoms with Crippen LogP contribution < -0.4 is 20.5 Å². The number of hydrogen-bond acceptors (Lipinski definition) is 7. The van der Waals surface area contributed by atoms with Crippen molar-refractivity contribution in [3.8, 4) is 11.5 Å². The molecule has 0 saturated carbocycles. The van der Waals surface area contributed by atoms with Crippen molar-refractivity contribution in [2.24, 2.45) is 10.7 Å². The normalized spacial score (nSPS) is 12.4. The number of carbonyl (C=O) groups is 1. The van der Waals surface area contributed by atoms with E-state index in [9.17, 15) is 4.79 Å². The molecule has 0 spiro atoms. The Kier molecular flexibility index (Phi) is 7.61. The van der Waals surface area contributed by atoms with E-state index in [1.807, 2.05) is 41.8 Å². The van der Waals surface area contributed by atoms with Crippen LogP contribution in [0.5, 0.6) is 11.5 Å². The number of ether oxygens (including phenoxy) is 3. The first-order valence-corrected chi connectivity index (χ1v) is 11.3. The van der Waals surface area contributed by atoms with Crippen molar-refractivity contribution in [2.75, 3.05) is 13.4 Å². The van der Waals surface area contributed by atoms with Crippen molar-refractivity contribution >= 4 is 17.6 Å². The summed E-state index contributed by atoms with van der Waals surface area (Å²) in [5.74, 6) is 1.70. The van der Waals surface area contributed by atoms with Crippen molar-refractivity contribution in [3.63, 3.8) is 0 Å². The molecule has 3 heterocycles. The molecular formula is C25H28N6O4. The minimum atomic E-state index is -0.456. The molecule has 1 aliphatic rings. The van der Waals surface area contributed by atoms with Crippen LogP contribution in [-0.2, 0) is 17.8 Å². The minimum Gasteiger partial charge on any atom is -0.454 e. The number of rotatable bonds is 10. The molecular weight excluding hydrogens is 448 g/mol. The van der Waals surface area contributed by atoms with Crippen LogP contribution in [0, 0.1) is 6.92 Å². The Morgan fingerprint density at radius 2 is 2.03 bits per heavy atom. The van der Waals surface area contributed by atoms with E-state index in [0.717, 1.165) is 29.8 Å². The molecule has 0 atom stereocenters. The summed E-state index contributed by atoms with van der Waals surface area (Å²) in [7, 11) is 0. The third-order valence-electron chi connectivity index (χ3n) is 5.51. The van der Waals surface area contributed by atoms with Gasteiger partial charge in [-0.25, -0.2) is 14.8 Å². The predicted octanol–water partition coefficient (Wildman–Crippen LogP) is 3.40. The summed E-state index contributed by atoms with van der Waals surface area (Å²) in [6.45, 7) is 7.53. The summed E-state index contributed by atoms with van der Waals surface area (Å²) in [5.41, 5.74) is 10.0. The number of aliphatic imine (C=N–C) groups is 1. The number of alkyl carbamates (subject to hydrolysis) is 1. The smallest absolute Gasteiger partial charge is 0.407 e. The van der Waals surface area contributed by atoms with Gasteiger partial charge in [0.1, 0.15) is 5.69 Å². The zero-order valence-corrected chi connectivity index (χ0v) is 19.6. The number of pyridine rings is 1. The summed E-state index contributed by atoms with van der Waals surface area (Å²) in [4.78, 5) is 24.8. The highest BCUT2D eigenvalue weighted by molar-refractivity contribution is 5.99. The van der Waals surface area contributed by atoms with Crippen LogP contribution in [0.1, 0.15) is 35.4 Å². The number of fused-ring (bicyclic) bond motifs is 1. The lowest BCUT2D eigenvalue weighted by Gasteiger charge is -2.09. The molecule has 10 heteroatoms. The highest BCUT2D eigenvalue weighted by Gasteiger charge is 2.14. The van der Waals surface area contributed by atoms with Crippen molar-refractivity contribution in [2.45, 2.75) is 32.9 Å². The Labute approximate surface area is 203 Å². The van der Waals surface area contributed by atoms with E-state index in [0.29, 0.717) is 48.3 Å². The molecule has 1 amide bonds. The lowest BCUT2D eigenvalue weighted by molar-refractivity contribution is 0.143. The lowest BCUT2D eigenvalue weighted by atomic mass is 10.2. The van der Waals surface area contributed by atoms with Crippen LogP contribution in [0.2, 0.25) is 0 Å². The Hall–Kier alpha value is -4.34. The quantitative estimate of drug-likeness (QED) is 0.261. The average molecular weight is 477 g/mol. The summed E-state index contributed by atoms with van der Waals surface area (Å²) >= 11 is 0. The Bertz CT molecular complexity index is 1220. The van der Waals surface area contributed by atoms with Gasteiger partial charge in [-0.1, -0.05) is 12.6 Å². The largest absolute Gasteiger partial charge is 0.454 e. The third-order valence-corrected chi connectivity index (χ3v) is 5.51. The van der Waals surface area contributed by atoms with Gasteiger partial charge < -0.3 is 29.8 Å². The van der Waals surface area contributed by atoms with Crippen LogP contribution in [-0.4, -0.2) is 39.9 Å². The van der Waals surface area contributed by atoms with Crippen LogP contribution in [0.4, 0.5) is 4.79 Å². The SMILES string of the molecule is C=C(/N=C(/N)c1ncn(CCCCOC(=O)NCc2ccc3c(c2)OCO3)c1C)c1ccncc1. The monoisotopic (exact) mass is 476 g/mol. The van der Waals surface area contributed by atoms with Gasteiger partial charge in [-0.3, -0.25) is 4.98 Å². The minimum absolute atomic E-state index is 0.219. The molecule has 0 unspecified atom stereocenters. The number of imidazole rings is 1. The molecule has 1 aliphatic heterocycles. The van der Waals surface area contributed by atoms with Gasteiger partial charge in [0, 0.05) is 36.7 Å². The fraction of sp³-hybridized carbons (Fsp3) is 0.280. The molecule has 1 aromatic carbocycles. The fourth-order valence-electron chi connectivity index (χ4n) is 3.55. The number of amides is 1. The molecule has 3 N–H and O–H groups in total. The van der Waals surface area contributed by atoms with Crippen molar-refractivity contribution in [3.05, 3.63) is 78.1 Å². The van der Waals surface area contributed by atoms with Gasteiger partial charge in [0.25, 0.3) is 0 Å². The number of aromatic nitrogens is 3. The van der Waals surface area contributed by atoms with Gasteiger partial charge >= 0.3 is 6.09 Å². The van der Waals surface area contributed by atoms with Crippen LogP contribution in [0.3, 0.4) is 0 Å². The van der Waals surface area contributed by atoms with Crippen molar-refractivity contribution in [1.82, 2.24) is 19.9 Å². The molecule has 3 aromatic rings. The van der Waals surface area contributed by atoms with Gasteiger partial charge in [-0.05, 0) is 49.6 Å². The lowest BCUT2D eigenvalue weighted by Crippen LogP contribution is -2.24. The summed E-state index contributed by atoms with van der Waals surface area (Å²) in [6, 6.07) is 9.19. The number of amidine groups is 1. The number of nitrogens with two attached hydrogens (primary N) is 1. The van der Waals surface area contributed by atoms with E-state index in [4.69, 9.17) is 19.9 Å². The summed E-state index contributed by atoms with van der Waals surface area (Å²) in [6.07, 6.45) is 6.17. The van der Waals surface area contributed by atoms with E-state index in [1.54, 1.807) is 18.7 Å². The number of nitrogens with one attached hydrogen (secondary N) is 1. The van der Waals surface area contributed by atoms with E-state index in [1.165, 1.54) is 0 Å². The fourth-order valence-corrected chi connectivity index (χ4v) is 3.55. The number of hydrogen-bond donors (Lipinski definition) is 2. The van der Waals surface area contributed by atoms with Crippen LogP contribution in [0.25, 0.3) is 5.70 Å². The number of aryl methyl sites for hydroxylation is 1. The van der Waals surface area contributed by atoms with E-state index in [2.05, 4.69) is 26.9 Å². The molecule has 0 aliphatic carbocycles. The molecule has 35 heavy (non-hydrogen) atoms. The second-order valence-electron chi connectivity index (χ2n) is 7.94. The highest BCUT2D eigenvalue weighted by atomic mass is 16.7. The second kappa shape index (κ2) is 11.2. The Balaban J connectivity index is 1.18. The maximum Gasteiger partial charge on any atom is 0.407 e. The molecule has 0 radical (unpaired) electrons. The van der Waals surface area contributed by atoms with Gasteiger partial charge in [0.15, 0.2) is 17.3 Å². The number of benzene rings is 1. The van der Waals surface area contributed by atoms with Gasteiger partial charge in [-0.2, -0.15) is 0 Å². The zero-order valence-electron chi connectivity index (χ0n) is 19.6. The molecule has 0 fully saturated rings. The Morgan fingerprint density at radius 1 is 1.23 bits per heavy atom. The first-order chi connectivity index (χ1) is 17.0. The van der Waals surface area contributed by atoms with Crippen molar-refractivity contribution < 1.29 is 19.0 Å². The number of unbranched alkanes of at least 4 members (excludes halogenated alkanes) is 1. The van der Waals surface area contributed by atoms with Gasteiger partial charge in [0.2, 0.25) is 6.79 Å². The van der Waals surface area contributed by atoms with Gasteiger partial charge in [0.05, 0.1) is 18.6 Å². The molecule has 4 rings (SSSR count). The van der Waals surface area contributed by atoms with Crippen LogP contribution in [0.15, 0.2) is 60.6 Å². The Morgan fingerprint density at radius 3 is 2.86 bits per heavy atom. The second-order valence-corrected chi connectivity index (χ2v) is 7.94. The zero-order chi connectivity index (χ0) is 24.6. The molecule has 10 nitrogen and oxygen atoms in total. The first kappa shape index (κ1) is 23.8. The summed E-state index contributed by atoms with van der Waals surface area (Å²) < 4.78 is 17.9. The first-order valence-electron chi connectivity index (χ1n) is 11.3. The summed E-state index contributed by atoms with van der Waals surface area (Å²) in [5, 5.41) is 2.74. The maximum atomic E-state index is 12.0. The van der Waals surface area contributed by atoms with Crippen LogP contribution >= 0.6 is 0 Å². The maximum absolute atomic E-state index is 12.0. The molecule has 0 bridgehead atoms. The number of carbonyl (C=O) groups excluding carboxylic acids is 1. The predicted molar refractivity (Wildman–Crippen MR) is 131 cm³/mol. The average Bonchev–Trinajstić information content (AvgIpc) is 3.49. The highest BCUT2D eigenvalue weighted by Crippen LogP contribution is 2.32. The molecule has 2 aromatic heterocycles. The van der Waals surface area contributed by atoms with E-state index < -0.39 is 6.09 Å². The number of nitrogens with zero attached hydrogens (tertiary/aromatic N) is 4. The van der Waals surface area contributed by atoms with E-state index >= 15 is 0 Å². The topological polar surface area (TPSA) is 126 Å². The van der Waals surface area contributed by atoms with Gasteiger partial charge in [-0.15, -0.1) is 0 Å². The third kappa shape index (κ3) is 6.17.